The number of hydrogen-bond donors (Lipinski definition) is 2. The second-order valence-corrected chi connectivity index (χ2v) is 8.72. The zero-order valence-corrected chi connectivity index (χ0v) is 17.9. The van der Waals surface area contributed by atoms with Crippen LogP contribution in [0.25, 0.3) is 0 Å². The minimum atomic E-state index is -0.573. The molecule has 2 aromatic rings. The molecule has 5 heterocycles. The SMILES string of the molecule is CC1(C)C/C=C\CN2CCN(CC2)c2cc(F)ncc2NC(=O)c2ccnc(n2)NC1. The smallest absolute Gasteiger partial charge is 0.274 e. The minimum absolute atomic E-state index is 0.0109. The summed E-state index contributed by atoms with van der Waals surface area (Å²) in [4.78, 5) is 29.6. The second-order valence-electron chi connectivity index (χ2n) is 8.72. The molecule has 31 heavy (non-hydrogen) atoms. The molecule has 3 aliphatic heterocycles. The fourth-order valence-electron chi connectivity index (χ4n) is 3.72. The fourth-order valence-corrected chi connectivity index (χ4v) is 3.72. The van der Waals surface area contributed by atoms with Crippen molar-refractivity contribution >= 4 is 23.2 Å². The molecule has 2 aromatic heterocycles. The van der Waals surface area contributed by atoms with Gasteiger partial charge >= 0.3 is 0 Å². The quantitative estimate of drug-likeness (QED) is 0.496. The molecular weight excluding hydrogens is 397 g/mol. The van der Waals surface area contributed by atoms with E-state index in [1.54, 1.807) is 12.3 Å². The Morgan fingerprint density at radius 3 is 2.74 bits per heavy atom. The zero-order chi connectivity index (χ0) is 21.8. The number of fused-ring (bicyclic) bond motifs is 8. The van der Waals surface area contributed by atoms with Crippen molar-refractivity contribution in [1.82, 2.24) is 19.9 Å². The lowest BCUT2D eigenvalue weighted by atomic mass is 9.89. The molecule has 0 aromatic carbocycles. The van der Waals surface area contributed by atoms with Crippen molar-refractivity contribution in [3.05, 3.63) is 48.3 Å². The second kappa shape index (κ2) is 8.97. The number of halogens is 1. The van der Waals surface area contributed by atoms with E-state index in [9.17, 15) is 9.18 Å². The van der Waals surface area contributed by atoms with E-state index >= 15 is 0 Å². The monoisotopic (exact) mass is 425 g/mol. The van der Waals surface area contributed by atoms with Crippen LogP contribution < -0.4 is 15.5 Å². The van der Waals surface area contributed by atoms with Crippen molar-refractivity contribution in [2.24, 2.45) is 5.41 Å². The molecule has 0 radical (unpaired) electrons. The Labute approximate surface area is 181 Å². The van der Waals surface area contributed by atoms with E-state index in [1.165, 1.54) is 12.3 Å². The standard InChI is InChI=1S/C22H28FN7O/c1-22(2)6-3-4-8-29-9-11-30(12-10-29)18-13-19(23)25-14-17(18)27-20(31)16-5-7-24-21(28-16)26-15-22/h3-5,7,13-14H,6,8-12,15H2,1-2H3,(H,27,31)(H,24,26,28)/b4-3-. The number of carbonyl (C=O) groups is 1. The Morgan fingerprint density at radius 1 is 1.13 bits per heavy atom. The lowest BCUT2D eigenvalue weighted by Gasteiger charge is -2.36. The molecular formula is C22H28FN7O. The largest absolute Gasteiger partial charge is 0.367 e. The first-order valence-corrected chi connectivity index (χ1v) is 10.6. The Balaban J connectivity index is 1.65. The summed E-state index contributed by atoms with van der Waals surface area (Å²) < 4.78 is 13.9. The van der Waals surface area contributed by atoms with Crippen LogP contribution in [0.3, 0.4) is 0 Å². The van der Waals surface area contributed by atoms with Gasteiger partial charge in [0.05, 0.1) is 17.6 Å². The number of piperazine rings is 1. The fraction of sp³-hybridized carbons (Fsp3) is 0.455. The lowest BCUT2D eigenvalue weighted by molar-refractivity contribution is 0.102. The third-order valence-corrected chi connectivity index (χ3v) is 5.62. The number of amides is 1. The first kappa shape index (κ1) is 21.2. The number of hydrogen-bond acceptors (Lipinski definition) is 7. The van der Waals surface area contributed by atoms with E-state index in [-0.39, 0.29) is 17.0 Å². The van der Waals surface area contributed by atoms with Gasteiger partial charge in [0.15, 0.2) is 0 Å². The molecule has 1 saturated heterocycles. The van der Waals surface area contributed by atoms with Gasteiger partial charge in [0.1, 0.15) is 5.69 Å². The molecule has 4 bridgehead atoms. The van der Waals surface area contributed by atoms with Gasteiger partial charge in [-0.1, -0.05) is 26.0 Å². The number of carbonyl (C=O) groups excluding carboxylic acids is 1. The Kier molecular flexibility index (Phi) is 6.13. The van der Waals surface area contributed by atoms with Crippen LogP contribution in [0.4, 0.5) is 21.7 Å². The number of pyridine rings is 1. The third-order valence-electron chi connectivity index (χ3n) is 5.62. The van der Waals surface area contributed by atoms with Crippen LogP contribution in [0.5, 0.6) is 0 Å². The van der Waals surface area contributed by atoms with Gasteiger partial charge < -0.3 is 15.5 Å². The molecule has 164 valence electrons. The Bertz CT molecular complexity index is 970. The van der Waals surface area contributed by atoms with Crippen LogP contribution in [-0.2, 0) is 0 Å². The predicted molar refractivity (Wildman–Crippen MR) is 119 cm³/mol. The van der Waals surface area contributed by atoms with E-state index in [0.29, 0.717) is 23.9 Å². The van der Waals surface area contributed by atoms with Crippen LogP contribution >= 0.6 is 0 Å². The summed E-state index contributed by atoms with van der Waals surface area (Å²) in [6.45, 7) is 9.14. The molecule has 3 aliphatic rings. The third kappa shape index (κ3) is 5.35. The number of nitrogens with one attached hydrogen (secondary N) is 2. The maximum Gasteiger partial charge on any atom is 0.274 e. The summed E-state index contributed by atoms with van der Waals surface area (Å²) in [6, 6.07) is 2.93. The highest BCUT2D eigenvalue weighted by Crippen LogP contribution is 2.27. The molecule has 0 atom stereocenters. The van der Waals surface area contributed by atoms with Crippen LogP contribution in [0.1, 0.15) is 30.8 Å². The van der Waals surface area contributed by atoms with Gasteiger partial charge in [0.2, 0.25) is 11.9 Å². The topological polar surface area (TPSA) is 86.3 Å². The Morgan fingerprint density at radius 2 is 1.94 bits per heavy atom. The number of anilines is 3. The summed E-state index contributed by atoms with van der Waals surface area (Å²) in [5, 5.41) is 6.08. The van der Waals surface area contributed by atoms with E-state index < -0.39 is 5.95 Å². The van der Waals surface area contributed by atoms with Crippen molar-refractivity contribution in [2.75, 3.05) is 54.8 Å². The molecule has 1 fully saturated rings. The first-order valence-electron chi connectivity index (χ1n) is 10.6. The van der Waals surface area contributed by atoms with Gasteiger partial charge in [-0.15, -0.1) is 0 Å². The van der Waals surface area contributed by atoms with Crippen LogP contribution in [0.2, 0.25) is 0 Å². The van der Waals surface area contributed by atoms with Gasteiger partial charge in [-0.05, 0) is 17.9 Å². The molecule has 1 amide bonds. The van der Waals surface area contributed by atoms with E-state index in [0.717, 1.165) is 39.1 Å². The van der Waals surface area contributed by atoms with Crippen molar-refractivity contribution in [1.29, 1.82) is 0 Å². The summed E-state index contributed by atoms with van der Waals surface area (Å²) in [5.74, 6) is -0.559. The highest BCUT2D eigenvalue weighted by atomic mass is 19.1. The lowest BCUT2D eigenvalue weighted by Crippen LogP contribution is -2.46. The average Bonchev–Trinajstić information content (AvgIpc) is 2.77. The predicted octanol–water partition coefficient (Wildman–Crippen LogP) is 2.78. The zero-order valence-electron chi connectivity index (χ0n) is 17.9. The number of nitrogens with zero attached hydrogens (tertiary/aromatic N) is 5. The van der Waals surface area contributed by atoms with Gasteiger partial charge in [-0.25, -0.2) is 15.0 Å². The molecule has 0 spiro atoms. The average molecular weight is 426 g/mol. The van der Waals surface area contributed by atoms with Gasteiger partial charge in [-0.2, -0.15) is 4.39 Å². The molecule has 2 N–H and O–H groups in total. The van der Waals surface area contributed by atoms with Crippen molar-refractivity contribution < 1.29 is 9.18 Å². The first-order chi connectivity index (χ1) is 14.9. The summed E-state index contributed by atoms with van der Waals surface area (Å²) >= 11 is 0. The number of allylic oxidation sites excluding steroid dienone is 1. The summed E-state index contributed by atoms with van der Waals surface area (Å²) in [5.41, 5.74) is 1.34. The molecule has 0 unspecified atom stereocenters. The molecule has 8 nitrogen and oxygen atoms in total. The minimum Gasteiger partial charge on any atom is -0.367 e. The highest BCUT2D eigenvalue weighted by Gasteiger charge is 2.22. The molecule has 0 saturated carbocycles. The van der Waals surface area contributed by atoms with E-state index in [2.05, 4.69) is 61.4 Å². The van der Waals surface area contributed by atoms with Crippen LogP contribution in [0, 0.1) is 11.4 Å². The van der Waals surface area contributed by atoms with Crippen LogP contribution in [-0.4, -0.2) is 65.0 Å². The molecule has 5 rings (SSSR count). The number of rotatable bonds is 0. The summed E-state index contributed by atoms with van der Waals surface area (Å²) in [7, 11) is 0. The van der Waals surface area contributed by atoms with Crippen molar-refractivity contribution in [3.63, 3.8) is 0 Å². The summed E-state index contributed by atoms with van der Waals surface area (Å²) in [6.07, 6.45) is 8.27. The van der Waals surface area contributed by atoms with Crippen molar-refractivity contribution in [2.45, 2.75) is 20.3 Å². The van der Waals surface area contributed by atoms with Crippen molar-refractivity contribution in [3.8, 4) is 0 Å². The molecule has 9 heteroatoms. The maximum absolute atomic E-state index is 13.9. The van der Waals surface area contributed by atoms with Crippen LogP contribution in [0.15, 0.2) is 36.7 Å². The molecule has 0 aliphatic carbocycles. The normalized spacial score (nSPS) is 20.7. The van der Waals surface area contributed by atoms with E-state index in [1.807, 2.05) is 0 Å². The number of aromatic nitrogens is 3. The maximum atomic E-state index is 13.9. The van der Waals surface area contributed by atoms with Gasteiger partial charge in [-0.3, -0.25) is 9.69 Å². The van der Waals surface area contributed by atoms with Gasteiger partial charge in [0, 0.05) is 51.5 Å². The van der Waals surface area contributed by atoms with E-state index in [4.69, 9.17) is 0 Å². The Hall–Kier alpha value is -3.07. The highest BCUT2D eigenvalue weighted by molar-refractivity contribution is 6.04. The van der Waals surface area contributed by atoms with Gasteiger partial charge in [0.25, 0.3) is 5.91 Å².